The molecule has 1 heterocycles. The van der Waals surface area contributed by atoms with Crippen molar-refractivity contribution in [2.24, 2.45) is 5.73 Å². The molecule has 6 nitrogen and oxygen atoms in total. The molecule has 1 aliphatic rings. The number of aromatic nitrogens is 1. The number of pyridine rings is 1. The maximum atomic E-state index is 15.2. The first-order valence-corrected chi connectivity index (χ1v) is 9.06. The first kappa shape index (κ1) is 18.9. The van der Waals surface area contributed by atoms with Crippen molar-refractivity contribution in [2.75, 3.05) is 6.54 Å². The summed E-state index contributed by atoms with van der Waals surface area (Å²) in [5.74, 6) is -3.29. The topological polar surface area (TPSA) is 105 Å². The van der Waals surface area contributed by atoms with Crippen molar-refractivity contribution < 1.29 is 18.4 Å². The van der Waals surface area contributed by atoms with E-state index in [-0.39, 0.29) is 23.1 Å². The van der Waals surface area contributed by atoms with Crippen LogP contribution in [0.3, 0.4) is 0 Å². The monoisotopic (exact) mass is 397 g/mol. The van der Waals surface area contributed by atoms with Crippen molar-refractivity contribution in [3.63, 3.8) is 0 Å². The molecule has 0 bridgehead atoms. The molecule has 1 amide bonds. The molecule has 0 saturated carbocycles. The van der Waals surface area contributed by atoms with Crippen molar-refractivity contribution in [3.8, 4) is 0 Å². The van der Waals surface area contributed by atoms with Gasteiger partial charge in [-0.3, -0.25) is 14.4 Å². The number of fused-ring (bicyclic) bond motifs is 2. The minimum atomic E-state index is -0.985. The van der Waals surface area contributed by atoms with Crippen molar-refractivity contribution in [1.82, 2.24) is 10.3 Å². The number of benzene rings is 2. The van der Waals surface area contributed by atoms with E-state index in [9.17, 15) is 18.8 Å². The lowest BCUT2D eigenvalue weighted by molar-refractivity contribution is -0.117. The zero-order valence-electron chi connectivity index (χ0n) is 15.2. The van der Waals surface area contributed by atoms with E-state index >= 15 is 4.39 Å². The Hall–Kier alpha value is -3.39. The Balaban J connectivity index is 1.80. The van der Waals surface area contributed by atoms with Gasteiger partial charge in [-0.15, -0.1) is 0 Å². The van der Waals surface area contributed by atoms with Crippen LogP contribution in [0.25, 0.3) is 10.8 Å². The maximum Gasteiger partial charge on any atom is 0.255 e. The number of ketones is 1. The Morgan fingerprint density at radius 3 is 2.76 bits per heavy atom. The number of rotatable bonds is 5. The van der Waals surface area contributed by atoms with E-state index in [4.69, 9.17) is 5.73 Å². The highest BCUT2D eigenvalue weighted by Gasteiger charge is 2.31. The van der Waals surface area contributed by atoms with Gasteiger partial charge in [-0.05, 0) is 47.6 Å². The number of halogens is 2. The fraction of sp³-hybridized carbons (Fsp3) is 0.190. The van der Waals surface area contributed by atoms with Crippen molar-refractivity contribution in [2.45, 2.75) is 18.9 Å². The summed E-state index contributed by atoms with van der Waals surface area (Å²) in [6.07, 6.45) is 2.14. The number of nitrogens with one attached hydrogen (secondary N) is 2. The largest absolute Gasteiger partial charge is 0.369 e. The number of H-pyrrole nitrogens is 1. The molecule has 3 aromatic rings. The molecule has 4 rings (SSSR count). The second-order valence-corrected chi connectivity index (χ2v) is 6.96. The van der Waals surface area contributed by atoms with Crippen LogP contribution in [0.15, 0.2) is 41.3 Å². The van der Waals surface area contributed by atoms with Crippen LogP contribution in [0.4, 0.5) is 8.78 Å². The van der Waals surface area contributed by atoms with E-state index < -0.39 is 40.5 Å². The predicted molar refractivity (Wildman–Crippen MR) is 103 cm³/mol. The molecule has 8 heteroatoms. The summed E-state index contributed by atoms with van der Waals surface area (Å²) in [5, 5.41) is 3.45. The first-order valence-electron chi connectivity index (χ1n) is 9.06. The summed E-state index contributed by atoms with van der Waals surface area (Å²) in [6, 6.07) is 6.72. The number of nitrogens with two attached hydrogens (primary N) is 1. The lowest BCUT2D eigenvalue weighted by Gasteiger charge is -2.15. The summed E-state index contributed by atoms with van der Waals surface area (Å²) < 4.78 is 30.0. The van der Waals surface area contributed by atoms with Crippen molar-refractivity contribution in [1.29, 1.82) is 0 Å². The van der Waals surface area contributed by atoms with Crippen LogP contribution < -0.4 is 16.6 Å². The molecule has 0 saturated heterocycles. The van der Waals surface area contributed by atoms with Crippen LogP contribution in [-0.4, -0.2) is 23.2 Å². The molecule has 1 aliphatic carbocycles. The number of hydrogen-bond donors (Lipinski definition) is 3. The number of amides is 1. The van der Waals surface area contributed by atoms with Gasteiger partial charge < -0.3 is 16.0 Å². The zero-order chi connectivity index (χ0) is 20.7. The first-order chi connectivity index (χ1) is 13.9. The quantitative estimate of drug-likeness (QED) is 0.574. The second-order valence-electron chi connectivity index (χ2n) is 6.96. The van der Waals surface area contributed by atoms with E-state index in [1.54, 1.807) is 0 Å². The van der Waals surface area contributed by atoms with E-state index in [1.165, 1.54) is 30.5 Å². The van der Waals surface area contributed by atoms with E-state index in [0.29, 0.717) is 23.8 Å². The lowest BCUT2D eigenvalue weighted by Crippen LogP contribution is -2.31. The van der Waals surface area contributed by atoms with Gasteiger partial charge in [0.1, 0.15) is 11.6 Å². The number of hydrogen-bond acceptors (Lipinski definition) is 4. The van der Waals surface area contributed by atoms with Crippen LogP contribution in [-0.2, 0) is 11.2 Å². The molecule has 2 aromatic carbocycles. The smallest absolute Gasteiger partial charge is 0.255 e. The Bertz CT molecular complexity index is 1220. The molecule has 0 aliphatic heterocycles. The standard InChI is InChI=1S/C21H17F2N3O3/c22-15-8-14-11(4-5-16(14)26-9-17(24)27)19(23)18(15)20(28)12-2-1-3-13-10(12)6-7-25-21(13)29/h1-3,6-8,16,26H,4-5,9H2,(H2,24,27)(H,25,29). The highest BCUT2D eigenvalue weighted by molar-refractivity contribution is 6.16. The molecule has 0 radical (unpaired) electrons. The average Bonchev–Trinajstić information content (AvgIpc) is 3.09. The maximum absolute atomic E-state index is 15.2. The van der Waals surface area contributed by atoms with Crippen LogP contribution in [0, 0.1) is 11.6 Å². The minimum Gasteiger partial charge on any atom is -0.369 e. The summed E-state index contributed by atoms with van der Waals surface area (Å²) in [6.45, 7) is -0.113. The molecule has 1 aromatic heterocycles. The predicted octanol–water partition coefficient (Wildman–Crippen LogP) is 2.10. The van der Waals surface area contributed by atoms with Crippen LogP contribution in [0.2, 0.25) is 0 Å². The van der Waals surface area contributed by atoms with Gasteiger partial charge in [0.25, 0.3) is 5.56 Å². The Kier molecular flexibility index (Phi) is 4.71. The van der Waals surface area contributed by atoms with Crippen LogP contribution in [0.1, 0.15) is 39.5 Å². The van der Waals surface area contributed by atoms with Gasteiger partial charge in [0, 0.05) is 23.2 Å². The summed E-state index contributed by atoms with van der Waals surface area (Å²) in [4.78, 5) is 38.5. The van der Waals surface area contributed by atoms with Gasteiger partial charge in [0.15, 0.2) is 5.78 Å². The van der Waals surface area contributed by atoms with Crippen molar-refractivity contribution >= 4 is 22.5 Å². The minimum absolute atomic E-state index is 0.0488. The molecule has 1 unspecified atom stereocenters. The molecule has 0 spiro atoms. The summed E-state index contributed by atoms with van der Waals surface area (Å²) in [7, 11) is 0. The number of carbonyl (C=O) groups excluding carboxylic acids is 2. The summed E-state index contributed by atoms with van der Waals surface area (Å²) in [5.41, 5.74) is 4.75. The molecule has 4 N–H and O–H groups in total. The third kappa shape index (κ3) is 3.21. The average molecular weight is 397 g/mol. The fourth-order valence-corrected chi connectivity index (χ4v) is 3.89. The SMILES string of the molecule is NC(=O)CNC1CCc2c1cc(F)c(C(=O)c1cccc3c(=O)[nH]ccc13)c2F. The number of aromatic amines is 1. The van der Waals surface area contributed by atoms with E-state index in [0.717, 1.165) is 6.07 Å². The zero-order valence-corrected chi connectivity index (χ0v) is 15.2. The van der Waals surface area contributed by atoms with Gasteiger partial charge in [-0.25, -0.2) is 8.78 Å². The number of carbonyl (C=O) groups is 2. The summed E-state index contributed by atoms with van der Waals surface area (Å²) >= 11 is 0. The second kappa shape index (κ2) is 7.21. The fourth-order valence-electron chi connectivity index (χ4n) is 3.89. The lowest BCUT2D eigenvalue weighted by atomic mass is 9.94. The molecule has 29 heavy (non-hydrogen) atoms. The Labute approximate surface area is 163 Å². The van der Waals surface area contributed by atoms with Gasteiger partial charge in [0.2, 0.25) is 5.91 Å². The third-order valence-electron chi connectivity index (χ3n) is 5.22. The van der Waals surface area contributed by atoms with E-state index in [2.05, 4.69) is 10.3 Å². The molecular formula is C21H17F2N3O3. The Morgan fingerprint density at radius 1 is 1.21 bits per heavy atom. The highest BCUT2D eigenvalue weighted by atomic mass is 19.1. The van der Waals surface area contributed by atoms with Gasteiger partial charge in [0.05, 0.1) is 12.1 Å². The number of primary amides is 1. The Morgan fingerprint density at radius 2 is 2.00 bits per heavy atom. The van der Waals surface area contributed by atoms with Crippen LogP contribution in [0.5, 0.6) is 0 Å². The van der Waals surface area contributed by atoms with Gasteiger partial charge in [-0.1, -0.05) is 12.1 Å². The molecule has 148 valence electrons. The molecule has 0 fully saturated rings. The third-order valence-corrected chi connectivity index (χ3v) is 5.22. The van der Waals surface area contributed by atoms with E-state index in [1.807, 2.05) is 0 Å². The normalized spacial score (nSPS) is 15.4. The van der Waals surface area contributed by atoms with Crippen molar-refractivity contribution in [3.05, 3.63) is 80.8 Å². The van der Waals surface area contributed by atoms with Gasteiger partial charge in [-0.2, -0.15) is 0 Å². The molecular weight excluding hydrogens is 380 g/mol. The van der Waals surface area contributed by atoms with Crippen LogP contribution >= 0.6 is 0 Å². The molecule has 1 atom stereocenters. The highest BCUT2D eigenvalue weighted by Crippen LogP contribution is 2.36. The van der Waals surface area contributed by atoms with Gasteiger partial charge >= 0.3 is 0 Å².